The molecule has 0 aliphatic carbocycles. The second kappa shape index (κ2) is 9.05. The Morgan fingerprint density at radius 1 is 1.15 bits per heavy atom. The predicted molar refractivity (Wildman–Crippen MR) is 114 cm³/mol. The quantitative estimate of drug-likeness (QED) is 0.705. The molecule has 2 aromatic rings. The summed E-state index contributed by atoms with van der Waals surface area (Å²) in [5, 5.41) is 5.81. The molecule has 1 fully saturated rings. The van der Waals surface area contributed by atoms with Gasteiger partial charge in [0.05, 0.1) is 0 Å². The zero-order chi connectivity index (χ0) is 19.3. The fraction of sp³-hybridized carbons (Fsp3) is 0.474. The molecule has 1 aliphatic rings. The van der Waals surface area contributed by atoms with E-state index in [0.29, 0.717) is 11.7 Å². The van der Waals surface area contributed by atoms with Gasteiger partial charge in [-0.15, -0.1) is 11.3 Å². The van der Waals surface area contributed by atoms with Crippen LogP contribution < -0.4 is 14.9 Å². The highest BCUT2D eigenvalue weighted by molar-refractivity contribution is 7.90. The minimum absolute atomic E-state index is 0.576. The SMILES string of the molecule is CN(C)S(=O)(=O)Nc1ccc(N2CCC(NCCc3cccs3)CC2)cc1. The first-order valence-corrected chi connectivity index (χ1v) is 11.6. The normalized spacial score (nSPS) is 16.0. The van der Waals surface area contributed by atoms with Crippen LogP contribution in [0.5, 0.6) is 0 Å². The van der Waals surface area contributed by atoms with Crippen molar-refractivity contribution in [1.29, 1.82) is 0 Å². The standard InChI is InChI=1S/C19H28N4O2S2/c1-22(2)27(24,25)21-17-5-7-18(8-6-17)23-13-10-16(11-14-23)20-12-9-19-4-3-15-26-19/h3-8,15-16,20-21H,9-14H2,1-2H3. The minimum Gasteiger partial charge on any atom is -0.371 e. The number of hydrogen-bond acceptors (Lipinski definition) is 5. The molecule has 0 amide bonds. The first-order valence-electron chi connectivity index (χ1n) is 9.25. The molecule has 3 rings (SSSR count). The summed E-state index contributed by atoms with van der Waals surface area (Å²) in [5.74, 6) is 0. The summed E-state index contributed by atoms with van der Waals surface area (Å²) >= 11 is 1.82. The number of piperidine rings is 1. The number of benzene rings is 1. The van der Waals surface area contributed by atoms with Crippen LogP contribution in [-0.4, -0.2) is 52.5 Å². The third-order valence-corrected chi connectivity index (χ3v) is 7.23. The topological polar surface area (TPSA) is 64.7 Å². The van der Waals surface area contributed by atoms with Gasteiger partial charge in [0, 0.05) is 56.0 Å². The third-order valence-electron chi connectivity index (χ3n) is 4.84. The molecule has 2 N–H and O–H groups in total. The molecule has 2 heterocycles. The van der Waals surface area contributed by atoms with E-state index in [1.54, 1.807) is 0 Å². The van der Waals surface area contributed by atoms with E-state index >= 15 is 0 Å². The van der Waals surface area contributed by atoms with E-state index in [2.05, 4.69) is 32.5 Å². The van der Waals surface area contributed by atoms with E-state index < -0.39 is 10.2 Å². The number of nitrogens with zero attached hydrogens (tertiary/aromatic N) is 2. The maximum absolute atomic E-state index is 11.9. The highest BCUT2D eigenvalue weighted by Gasteiger charge is 2.19. The lowest BCUT2D eigenvalue weighted by atomic mass is 10.0. The van der Waals surface area contributed by atoms with Crippen LogP contribution in [0.3, 0.4) is 0 Å². The van der Waals surface area contributed by atoms with E-state index in [1.165, 1.54) is 19.0 Å². The summed E-state index contributed by atoms with van der Waals surface area (Å²) < 4.78 is 27.5. The van der Waals surface area contributed by atoms with E-state index in [0.717, 1.165) is 48.9 Å². The molecular formula is C19H28N4O2S2. The molecular weight excluding hydrogens is 380 g/mol. The second-order valence-electron chi connectivity index (χ2n) is 6.98. The number of nitrogens with one attached hydrogen (secondary N) is 2. The van der Waals surface area contributed by atoms with Crippen molar-refractivity contribution >= 4 is 32.9 Å². The van der Waals surface area contributed by atoms with Crippen molar-refractivity contribution in [3.05, 3.63) is 46.7 Å². The number of rotatable bonds is 8. The lowest BCUT2D eigenvalue weighted by Gasteiger charge is -2.34. The molecule has 6 nitrogen and oxygen atoms in total. The molecule has 0 unspecified atom stereocenters. The van der Waals surface area contributed by atoms with Gasteiger partial charge in [0.1, 0.15) is 0 Å². The Balaban J connectivity index is 1.45. The number of anilines is 2. The highest BCUT2D eigenvalue weighted by atomic mass is 32.2. The molecule has 1 aromatic heterocycles. The zero-order valence-electron chi connectivity index (χ0n) is 15.9. The van der Waals surface area contributed by atoms with Gasteiger partial charge in [-0.2, -0.15) is 12.7 Å². The summed E-state index contributed by atoms with van der Waals surface area (Å²) in [6, 6.07) is 12.5. The molecule has 1 aromatic carbocycles. The monoisotopic (exact) mass is 408 g/mol. The Kier molecular flexibility index (Phi) is 6.75. The number of thiophene rings is 1. The van der Waals surface area contributed by atoms with Crippen LogP contribution in [0.4, 0.5) is 11.4 Å². The van der Waals surface area contributed by atoms with Gasteiger partial charge in [-0.3, -0.25) is 4.72 Å². The average molecular weight is 409 g/mol. The minimum atomic E-state index is -3.46. The van der Waals surface area contributed by atoms with Crippen LogP contribution >= 0.6 is 11.3 Å². The molecule has 8 heteroatoms. The van der Waals surface area contributed by atoms with Gasteiger partial charge in [0.2, 0.25) is 0 Å². The van der Waals surface area contributed by atoms with Crippen molar-refractivity contribution in [2.45, 2.75) is 25.3 Å². The molecule has 0 saturated carbocycles. The van der Waals surface area contributed by atoms with Gasteiger partial charge < -0.3 is 10.2 Å². The van der Waals surface area contributed by atoms with Crippen molar-refractivity contribution in [3.8, 4) is 0 Å². The smallest absolute Gasteiger partial charge is 0.301 e. The lowest BCUT2D eigenvalue weighted by molar-refractivity contribution is 0.418. The van der Waals surface area contributed by atoms with Crippen molar-refractivity contribution in [2.24, 2.45) is 0 Å². The largest absolute Gasteiger partial charge is 0.371 e. The Bertz CT molecular complexity index is 797. The maximum atomic E-state index is 11.9. The Hall–Kier alpha value is -1.61. The summed E-state index contributed by atoms with van der Waals surface area (Å²) in [7, 11) is -0.441. The molecule has 148 valence electrons. The van der Waals surface area contributed by atoms with Crippen molar-refractivity contribution < 1.29 is 8.42 Å². The van der Waals surface area contributed by atoms with Crippen molar-refractivity contribution in [2.75, 3.05) is 43.4 Å². The van der Waals surface area contributed by atoms with Gasteiger partial charge in [-0.05, 0) is 55.0 Å². The summed E-state index contributed by atoms with van der Waals surface area (Å²) in [6.07, 6.45) is 3.35. The molecule has 1 aliphatic heterocycles. The van der Waals surface area contributed by atoms with Crippen LogP contribution in [-0.2, 0) is 16.6 Å². The van der Waals surface area contributed by atoms with Crippen molar-refractivity contribution in [3.63, 3.8) is 0 Å². The molecule has 0 radical (unpaired) electrons. The first-order chi connectivity index (χ1) is 12.9. The Morgan fingerprint density at radius 2 is 1.85 bits per heavy atom. The summed E-state index contributed by atoms with van der Waals surface area (Å²) in [5.41, 5.74) is 1.72. The first kappa shape index (κ1) is 20.1. The summed E-state index contributed by atoms with van der Waals surface area (Å²) in [4.78, 5) is 3.80. The van der Waals surface area contributed by atoms with Gasteiger partial charge in [0.25, 0.3) is 0 Å². The van der Waals surface area contributed by atoms with E-state index in [4.69, 9.17) is 0 Å². The van der Waals surface area contributed by atoms with Gasteiger partial charge in [0.15, 0.2) is 0 Å². The highest BCUT2D eigenvalue weighted by Crippen LogP contribution is 2.23. The van der Waals surface area contributed by atoms with Gasteiger partial charge in [-0.25, -0.2) is 0 Å². The predicted octanol–water partition coefficient (Wildman–Crippen LogP) is 2.77. The molecule has 0 bridgehead atoms. The van der Waals surface area contributed by atoms with Gasteiger partial charge >= 0.3 is 10.2 Å². The van der Waals surface area contributed by atoms with Crippen LogP contribution in [0.15, 0.2) is 41.8 Å². The van der Waals surface area contributed by atoms with E-state index in [-0.39, 0.29) is 0 Å². The molecule has 0 atom stereocenters. The van der Waals surface area contributed by atoms with Crippen LogP contribution in [0, 0.1) is 0 Å². The summed E-state index contributed by atoms with van der Waals surface area (Å²) in [6.45, 7) is 3.06. The molecule has 1 saturated heterocycles. The Morgan fingerprint density at radius 3 is 2.44 bits per heavy atom. The van der Waals surface area contributed by atoms with Gasteiger partial charge in [-0.1, -0.05) is 6.07 Å². The zero-order valence-corrected chi connectivity index (χ0v) is 17.5. The fourth-order valence-corrected chi connectivity index (χ4v) is 4.50. The average Bonchev–Trinajstić information content (AvgIpc) is 3.16. The van der Waals surface area contributed by atoms with E-state index in [1.807, 2.05) is 35.6 Å². The lowest BCUT2D eigenvalue weighted by Crippen LogP contribution is -2.43. The third kappa shape index (κ3) is 5.68. The molecule has 0 spiro atoms. The van der Waals surface area contributed by atoms with Crippen LogP contribution in [0.25, 0.3) is 0 Å². The fourth-order valence-electron chi connectivity index (χ4n) is 3.18. The van der Waals surface area contributed by atoms with Crippen molar-refractivity contribution in [1.82, 2.24) is 9.62 Å². The van der Waals surface area contributed by atoms with E-state index in [9.17, 15) is 8.42 Å². The van der Waals surface area contributed by atoms with Crippen LogP contribution in [0.2, 0.25) is 0 Å². The maximum Gasteiger partial charge on any atom is 0.301 e. The van der Waals surface area contributed by atoms with Crippen LogP contribution in [0.1, 0.15) is 17.7 Å². The molecule has 27 heavy (non-hydrogen) atoms. The Labute approximate surface area is 166 Å². The number of hydrogen-bond donors (Lipinski definition) is 2. The second-order valence-corrected chi connectivity index (χ2v) is 9.90.